The van der Waals surface area contributed by atoms with E-state index in [1.165, 1.54) is 25.3 Å². The topological polar surface area (TPSA) is 59.4 Å². The Balaban J connectivity index is 2.59. The maximum atomic E-state index is 13.1. The van der Waals surface area contributed by atoms with Gasteiger partial charge in [0.15, 0.2) is 0 Å². The van der Waals surface area contributed by atoms with E-state index in [2.05, 4.69) is 4.98 Å². The van der Waals surface area contributed by atoms with E-state index in [1.54, 1.807) is 0 Å². The Bertz CT molecular complexity index is 688. The van der Waals surface area contributed by atoms with E-state index < -0.39 is 17.7 Å². The number of aliphatic carboxylic acids is 1. The van der Waals surface area contributed by atoms with Crippen LogP contribution >= 0.6 is 11.8 Å². The number of carbonyl (C=O) groups is 1. The van der Waals surface area contributed by atoms with Gasteiger partial charge in [0.1, 0.15) is 5.75 Å². The number of ether oxygens (including phenoxy) is 1. The van der Waals surface area contributed by atoms with Gasteiger partial charge in [-0.25, -0.2) is 4.98 Å². The molecule has 1 aromatic heterocycles. The van der Waals surface area contributed by atoms with Gasteiger partial charge in [0, 0.05) is 11.5 Å². The number of alkyl halides is 3. The fourth-order valence-corrected chi connectivity index (χ4v) is 2.39. The van der Waals surface area contributed by atoms with Gasteiger partial charge in [-0.1, -0.05) is 11.8 Å². The number of pyridine rings is 1. The van der Waals surface area contributed by atoms with E-state index in [9.17, 15) is 18.0 Å². The zero-order valence-electron chi connectivity index (χ0n) is 10.8. The van der Waals surface area contributed by atoms with Gasteiger partial charge in [0.2, 0.25) is 0 Å². The lowest BCUT2D eigenvalue weighted by atomic mass is 10.1. The van der Waals surface area contributed by atoms with Crippen LogP contribution in [0.4, 0.5) is 13.2 Å². The lowest BCUT2D eigenvalue weighted by molar-refractivity contribution is -0.136. The Morgan fingerprint density at radius 1 is 1.38 bits per heavy atom. The Morgan fingerprint density at radius 2 is 2.10 bits per heavy atom. The third kappa shape index (κ3) is 3.57. The molecule has 1 N–H and O–H groups in total. The molecule has 8 heteroatoms. The molecule has 0 saturated carbocycles. The van der Waals surface area contributed by atoms with E-state index in [0.29, 0.717) is 5.75 Å². The second-order valence-corrected chi connectivity index (χ2v) is 5.07. The Morgan fingerprint density at radius 3 is 2.67 bits per heavy atom. The summed E-state index contributed by atoms with van der Waals surface area (Å²) >= 11 is 0.736. The fourth-order valence-electron chi connectivity index (χ4n) is 1.76. The van der Waals surface area contributed by atoms with E-state index in [-0.39, 0.29) is 21.7 Å². The van der Waals surface area contributed by atoms with Crippen LogP contribution in [0.2, 0.25) is 0 Å². The summed E-state index contributed by atoms with van der Waals surface area (Å²) in [6.45, 7) is 0. The molecule has 0 fully saturated rings. The van der Waals surface area contributed by atoms with Gasteiger partial charge < -0.3 is 9.84 Å². The van der Waals surface area contributed by atoms with Gasteiger partial charge in [-0.2, -0.15) is 13.2 Å². The first-order valence-electron chi connectivity index (χ1n) is 5.72. The molecule has 0 bridgehead atoms. The summed E-state index contributed by atoms with van der Waals surface area (Å²) in [5.74, 6) is -1.11. The number of fused-ring (bicyclic) bond motifs is 1. The molecule has 0 aliphatic heterocycles. The first-order valence-corrected chi connectivity index (χ1v) is 6.70. The van der Waals surface area contributed by atoms with Crippen molar-refractivity contribution in [2.24, 2.45) is 0 Å². The largest absolute Gasteiger partial charge is 0.497 e. The quantitative estimate of drug-likeness (QED) is 0.875. The second-order valence-electron chi connectivity index (χ2n) is 4.07. The molecule has 0 saturated heterocycles. The van der Waals surface area contributed by atoms with Crippen LogP contribution in [-0.4, -0.2) is 28.9 Å². The number of carboxylic acids is 1. The summed E-state index contributed by atoms with van der Waals surface area (Å²) in [5.41, 5.74) is -0.736. The van der Waals surface area contributed by atoms with Gasteiger partial charge >= 0.3 is 12.1 Å². The summed E-state index contributed by atoms with van der Waals surface area (Å²) in [4.78, 5) is 14.6. The van der Waals surface area contributed by atoms with Crippen molar-refractivity contribution in [2.75, 3.05) is 12.9 Å². The average Bonchev–Trinajstić information content (AvgIpc) is 2.42. The molecule has 2 rings (SSSR count). The Kier molecular flexibility index (Phi) is 4.26. The number of aromatic nitrogens is 1. The van der Waals surface area contributed by atoms with E-state index in [4.69, 9.17) is 9.84 Å². The molecule has 1 heterocycles. The number of methoxy groups -OCH3 is 1. The molecule has 1 aromatic carbocycles. The number of benzene rings is 1. The van der Waals surface area contributed by atoms with Gasteiger partial charge in [-0.3, -0.25) is 4.79 Å². The van der Waals surface area contributed by atoms with Crippen LogP contribution in [0.15, 0.2) is 29.3 Å². The molecule has 0 radical (unpaired) electrons. The molecule has 0 aliphatic carbocycles. The van der Waals surface area contributed by atoms with Crippen molar-refractivity contribution in [3.63, 3.8) is 0 Å². The van der Waals surface area contributed by atoms with Crippen LogP contribution in [0.5, 0.6) is 5.75 Å². The number of hydrogen-bond acceptors (Lipinski definition) is 4. The minimum absolute atomic E-state index is 0.00507. The van der Waals surface area contributed by atoms with Crippen LogP contribution in [0.1, 0.15) is 5.56 Å². The van der Waals surface area contributed by atoms with E-state index in [1.807, 2.05) is 0 Å². The van der Waals surface area contributed by atoms with Crippen molar-refractivity contribution in [1.29, 1.82) is 0 Å². The highest BCUT2D eigenvalue weighted by atomic mass is 32.2. The van der Waals surface area contributed by atoms with Crippen molar-refractivity contribution in [1.82, 2.24) is 4.98 Å². The molecule has 21 heavy (non-hydrogen) atoms. The molecular weight excluding hydrogens is 307 g/mol. The number of nitrogens with zero attached hydrogens (tertiary/aromatic N) is 1. The smallest absolute Gasteiger partial charge is 0.417 e. The lowest BCUT2D eigenvalue weighted by Gasteiger charge is -2.12. The predicted molar refractivity (Wildman–Crippen MR) is 71.7 cm³/mol. The standard InChI is InChI=1S/C13H10F3NO3S/c1-20-7-2-3-8-9(13(14,15)16)5-11(17-10(8)4-7)21-6-12(18)19/h2-5H,6H2,1H3,(H,18,19). The van der Waals surface area contributed by atoms with Crippen LogP contribution in [0.3, 0.4) is 0 Å². The second kappa shape index (κ2) is 5.80. The number of thioether (sulfide) groups is 1. The van der Waals surface area contributed by atoms with Gasteiger partial charge in [-0.15, -0.1) is 0 Å². The number of halogens is 3. The van der Waals surface area contributed by atoms with Crippen molar-refractivity contribution in [3.8, 4) is 5.75 Å². The third-order valence-corrected chi connectivity index (χ3v) is 3.54. The van der Waals surface area contributed by atoms with Crippen molar-refractivity contribution >= 4 is 28.6 Å². The predicted octanol–water partition coefficient (Wildman–Crippen LogP) is 3.44. The molecule has 0 atom stereocenters. The van der Waals surface area contributed by atoms with Crippen LogP contribution < -0.4 is 4.74 Å². The van der Waals surface area contributed by atoms with Crippen LogP contribution in [-0.2, 0) is 11.0 Å². The Hall–Kier alpha value is -1.96. The normalized spacial score (nSPS) is 11.6. The zero-order chi connectivity index (χ0) is 15.6. The fraction of sp³-hybridized carbons (Fsp3) is 0.231. The molecule has 0 aliphatic rings. The van der Waals surface area contributed by atoms with E-state index >= 15 is 0 Å². The zero-order valence-corrected chi connectivity index (χ0v) is 11.6. The van der Waals surface area contributed by atoms with E-state index in [0.717, 1.165) is 17.8 Å². The summed E-state index contributed by atoms with van der Waals surface area (Å²) in [5, 5.41) is 8.56. The maximum absolute atomic E-state index is 13.1. The lowest BCUT2D eigenvalue weighted by Crippen LogP contribution is -2.07. The number of rotatable bonds is 4. The summed E-state index contributed by atoms with van der Waals surface area (Å²) in [6.07, 6.45) is -4.55. The molecule has 4 nitrogen and oxygen atoms in total. The molecule has 0 amide bonds. The third-order valence-electron chi connectivity index (χ3n) is 2.64. The Labute approximate surface area is 121 Å². The maximum Gasteiger partial charge on any atom is 0.417 e. The summed E-state index contributed by atoms with van der Waals surface area (Å²) in [7, 11) is 1.40. The summed E-state index contributed by atoms with van der Waals surface area (Å²) in [6, 6.07) is 4.96. The minimum Gasteiger partial charge on any atom is -0.497 e. The highest BCUT2D eigenvalue weighted by molar-refractivity contribution is 7.99. The highest BCUT2D eigenvalue weighted by Crippen LogP contribution is 2.37. The summed E-state index contributed by atoms with van der Waals surface area (Å²) < 4.78 is 44.2. The molecule has 112 valence electrons. The molecule has 2 aromatic rings. The van der Waals surface area contributed by atoms with Gasteiger partial charge in [0.05, 0.1) is 29.0 Å². The number of hydrogen-bond donors (Lipinski definition) is 1. The van der Waals surface area contributed by atoms with Gasteiger partial charge in [-0.05, 0) is 18.2 Å². The number of carboxylic acid groups (broad SMARTS) is 1. The minimum atomic E-state index is -4.55. The highest BCUT2D eigenvalue weighted by Gasteiger charge is 2.33. The van der Waals surface area contributed by atoms with Crippen molar-refractivity contribution < 1.29 is 27.8 Å². The monoisotopic (exact) mass is 317 g/mol. The SMILES string of the molecule is COc1ccc2c(C(F)(F)F)cc(SCC(=O)O)nc2c1. The van der Waals surface area contributed by atoms with Crippen LogP contribution in [0, 0.1) is 0 Å². The van der Waals surface area contributed by atoms with Crippen LogP contribution in [0.25, 0.3) is 10.9 Å². The average molecular weight is 317 g/mol. The first-order chi connectivity index (χ1) is 9.81. The molecule has 0 spiro atoms. The van der Waals surface area contributed by atoms with Crippen molar-refractivity contribution in [2.45, 2.75) is 11.2 Å². The first kappa shape index (κ1) is 15.4. The molecular formula is C13H10F3NO3S. The van der Waals surface area contributed by atoms with Gasteiger partial charge in [0.25, 0.3) is 0 Å². The van der Waals surface area contributed by atoms with Crippen molar-refractivity contribution in [3.05, 3.63) is 29.8 Å². The molecule has 0 unspecified atom stereocenters.